The van der Waals surface area contributed by atoms with Crippen molar-refractivity contribution < 1.29 is 9.53 Å². The van der Waals surface area contributed by atoms with Crippen molar-refractivity contribution in [1.82, 2.24) is 15.0 Å². The van der Waals surface area contributed by atoms with Gasteiger partial charge in [-0.05, 0) is 31.5 Å². The lowest BCUT2D eigenvalue weighted by molar-refractivity contribution is 0.0518. The number of ether oxygens (including phenoxy) is 1. The minimum absolute atomic E-state index is 0.0804. The maximum absolute atomic E-state index is 11.6. The number of hydrogen-bond donors (Lipinski definition) is 2. The van der Waals surface area contributed by atoms with Gasteiger partial charge in [-0.25, -0.2) is 14.7 Å². The highest BCUT2D eigenvalue weighted by Gasteiger charge is 2.16. The average molecular weight is 278 g/mol. The number of nitrogens with zero attached hydrogens (tertiary/aromatic N) is 2. The SMILES string of the molecule is CCOC(=O)c1n[nH]n(-c2ccc(C)cc2N)c1=S. The zero-order valence-corrected chi connectivity index (χ0v) is 11.5. The molecule has 0 spiro atoms. The van der Waals surface area contributed by atoms with Crippen LogP contribution in [-0.4, -0.2) is 27.6 Å². The Labute approximate surface area is 115 Å². The highest BCUT2D eigenvalue weighted by molar-refractivity contribution is 7.71. The van der Waals surface area contributed by atoms with Crippen LogP contribution in [0.1, 0.15) is 23.0 Å². The summed E-state index contributed by atoms with van der Waals surface area (Å²) in [5.41, 5.74) is 8.26. The number of carbonyl (C=O) groups is 1. The maximum atomic E-state index is 11.6. The topological polar surface area (TPSA) is 85.9 Å². The predicted molar refractivity (Wildman–Crippen MR) is 73.9 cm³/mol. The lowest BCUT2D eigenvalue weighted by Crippen LogP contribution is -2.06. The molecule has 0 radical (unpaired) electrons. The van der Waals surface area contributed by atoms with Gasteiger partial charge in [-0.3, -0.25) is 0 Å². The van der Waals surface area contributed by atoms with Crippen LogP contribution in [0.3, 0.4) is 0 Å². The lowest BCUT2D eigenvalue weighted by atomic mass is 10.2. The molecular formula is C12H14N4O2S. The average Bonchev–Trinajstić information content (AvgIpc) is 2.72. The number of anilines is 1. The summed E-state index contributed by atoms with van der Waals surface area (Å²) in [7, 11) is 0. The summed E-state index contributed by atoms with van der Waals surface area (Å²) in [5.74, 6) is -0.548. The molecule has 0 aliphatic carbocycles. The zero-order valence-electron chi connectivity index (χ0n) is 10.6. The van der Waals surface area contributed by atoms with Crippen LogP contribution in [0.25, 0.3) is 5.69 Å². The van der Waals surface area contributed by atoms with Gasteiger partial charge < -0.3 is 10.5 Å². The molecule has 1 aromatic heterocycles. The second-order valence-electron chi connectivity index (χ2n) is 3.98. The van der Waals surface area contributed by atoms with Gasteiger partial charge in [-0.15, -0.1) is 5.10 Å². The van der Waals surface area contributed by atoms with Crippen LogP contribution in [0, 0.1) is 11.6 Å². The fraction of sp³-hybridized carbons (Fsp3) is 0.250. The first-order chi connectivity index (χ1) is 9.04. The summed E-state index contributed by atoms with van der Waals surface area (Å²) >= 11 is 5.20. The Bertz CT molecular complexity index is 675. The van der Waals surface area contributed by atoms with E-state index < -0.39 is 5.97 Å². The quantitative estimate of drug-likeness (QED) is 0.509. The second-order valence-corrected chi connectivity index (χ2v) is 4.37. The number of aryl methyl sites for hydroxylation is 1. The van der Waals surface area contributed by atoms with Crippen LogP contribution < -0.4 is 5.73 Å². The molecule has 0 atom stereocenters. The van der Waals surface area contributed by atoms with Crippen LogP contribution in [0.15, 0.2) is 18.2 Å². The van der Waals surface area contributed by atoms with Crippen molar-refractivity contribution in [1.29, 1.82) is 0 Å². The number of aromatic nitrogens is 3. The van der Waals surface area contributed by atoms with E-state index in [2.05, 4.69) is 10.3 Å². The Morgan fingerprint density at radius 3 is 2.95 bits per heavy atom. The highest BCUT2D eigenvalue weighted by Crippen LogP contribution is 2.19. The number of benzene rings is 1. The zero-order chi connectivity index (χ0) is 14.0. The van der Waals surface area contributed by atoms with Crippen molar-refractivity contribution in [3.8, 4) is 5.69 Å². The number of rotatable bonds is 3. The van der Waals surface area contributed by atoms with Crippen molar-refractivity contribution in [3.05, 3.63) is 34.1 Å². The van der Waals surface area contributed by atoms with Crippen molar-refractivity contribution in [2.24, 2.45) is 0 Å². The largest absolute Gasteiger partial charge is 0.461 e. The number of carbonyl (C=O) groups excluding carboxylic acids is 1. The molecule has 6 nitrogen and oxygen atoms in total. The molecule has 7 heteroatoms. The number of nitrogen functional groups attached to an aromatic ring is 1. The summed E-state index contributed by atoms with van der Waals surface area (Å²) in [6.07, 6.45) is 0. The number of esters is 1. The molecule has 0 unspecified atom stereocenters. The van der Waals surface area contributed by atoms with E-state index in [1.54, 1.807) is 6.92 Å². The summed E-state index contributed by atoms with van der Waals surface area (Å²) in [6, 6.07) is 5.54. The standard InChI is InChI=1S/C12H14N4O2S/c1-3-18-12(17)10-11(19)16(15-14-10)9-5-4-7(2)6-8(9)13/h4-6,15H,3,13H2,1-2H3. The molecule has 100 valence electrons. The van der Waals surface area contributed by atoms with Crippen molar-refractivity contribution in [2.75, 3.05) is 12.3 Å². The molecule has 0 saturated heterocycles. The van der Waals surface area contributed by atoms with Gasteiger partial charge in [0.05, 0.1) is 18.0 Å². The van der Waals surface area contributed by atoms with Crippen LogP contribution in [0.4, 0.5) is 5.69 Å². The number of nitrogens with one attached hydrogen (secondary N) is 1. The molecule has 0 saturated carbocycles. The Kier molecular flexibility index (Phi) is 3.66. The van der Waals surface area contributed by atoms with Crippen LogP contribution >= 0.6 is 12.2 Å². The van der Waals surface area contributed by atoms with E-state index >= 15 is 0 Å². The number of nitrogens with two attached hydrogens (primary N) is 1. The van der Waals surface area contributed by atoms with Crippen LogP contribution in [-0.2, 0) is 4.74 Å². The molecule has 0 fully saturated rings. The molecule has 2 aromatic rings. The summed E-state index contributed by atoms with van der Waals surface area (Å²) in [4.78, 5) is 11.6. The van der Waals surface area contributed by atoms with E-state index in [0.717, 1.165) is 5.56 Å². The van der Waals surface area contributed by atoms with Gasteiger partial charge >= 0.3 is 5.97 Å². The molecule has 19 heavy (non-hydrogen) atoms. The summed E-state index contributed by atoms with van der Waals surface area (Å²) in [5, 5.41) is 6.55. The third kappa shape index (κ3) is 2.50. The first kappa shape index (κ1) is 13.3. The van der Waals surface area contributed by atoms with Gasteiger partial charge in [-0.2, -0.15) is 0 Å². The van der Waals surface area contributed by atoms with E-state index in [1.165, 1.54) is 4.68 Å². The molecule has 3 N–H and O–H groups in total. The molecule has 1 heterocycles. The normalized spacial score (nSPS) is 10.4. The maximum Gasteiger partial charge on any atom is 0.362 e. The van der Waals surface area contributed by atoms with Gasteiger partial charge in [0.15, 0.2) is 4.64 Å². The third-order valence-electron chi connectivity index (χ3n) is 2.56. The Morgan fingerprint density at radius 1 is 1.58 bits per heavy atom. The van der Waals surface area contributed by atoms with Crippen molar-refractivity contribution in [3.63, 3.8) is 0 Å². The second kappa shape index (κ2) is 5.23. The van der Waals surface area contributed by atoms with Crippen LogP contribution in [0.5, 0.6) is 0 Å². The van der Waals surface area contributed by atoms with E-state index in [1.807, 2.05) is 25.1 Å². The fourth-order valence-electron chi connectivity index (χ4n) is 1.67. The minimum Gasteiger partial charge on any atom is -0.461 e. The van der Waals surface area contributed by atoms with Gasteiger partial charge in [0, 0.05) is 0 Å². The first-order valence-electron chi connectivity index (χ1n) is 5.75. The van der Waals surface area contributed by atoms with Gasteiger partial charge in [0.2, 0.25) is 5.69 Å². The molecule has 0 amide bonds. The number of H-pyrrole nitrogens is 1. The van der Waals surface area contributed by atoms with Gasteiger partial charge in [0.1, 0.15) is 0 Å². The Hall–Kier alpha value is -2.15. The van der Waals surface area contributed by atoms with E-state index in [4.69, 9.17) is 22.7 Å². The monoisotopic (exact) mass is 278 g/mol. The molecule has 0 aliphatic heterocycles. The number of hydrogen-bond acceptors (Lipinski definition) is 5. The molecule has 1 aromatic carbocycles. The first-order valence-corrected chi connectivity index (χ1v) is 6.16. The van der Waals surface area contributed by atoms with Crippen LogP contribution in [0.2, 0.25) is 0 Å². The Balaban J connectivity index is 2.48. The van der Waals surface area contributed by atoms with E-state index in [0.29, 0.717) is 11.4 Å². The van der Waals surface area contributed by atoms with Crippen molar-refractivity contribution in [2.45, 2.75) is 13.8 Å². The minimum atomic E-state index is -0.548. The summed E-state index contributed by atoms with van der Waals surface area (Å²) < 4.78 is 6.60. The highest BCUT2D eigenvalue weighted by atomic mass is 32.1. The lowest BCUT2D eigenvalue weighted by Gasteiger charge is -2.06. The number of aromatic amines is 1. The van der Waals surface area contributed by atoms with Crippen molar-refractivity contribution >= 4 is 23.9 Å². The van der Waals surface area contributed by atoms with E-state index in [9.17, 15) is 4.79 Å². The smallest absolute Gasteiger partial charge is 0.362 e. The van der Waals surface area contributed by atoms with E-state index in [-0.39, 0.29) is 16.9 Å². The molecular weight excluding hydrogens is 264 g/mol. The fourth-order valence-corrected chi connectivity index (χ4v) is 1.94. The Morgan fingerprint density at radius 2 is 2.32 bits per heavy atom. The predicted octanol–water partition coefficient (Wildman–Crippen LogP) is 2.00. The molecule has 0 aliphatic rings. The summed E-state index contributed by atoms with van der Waals surface area (Å²) in [6.45, 7) is 3.93. The third-order valence-corrected chi connectivity index (χ3v) is 2.94. The van der Waals surface area contributed by atoms with Gasteiger partial charge in [0.25, 0.3) is 0 Å². The van der Waals surface area contributed by atoms with Gasteiger partial charge in [-0.1, -0.05) is 18.3 Å². The molecule has 2 rings (SSSR count). The molecule has 0 bridgehead atoms.